The number of aromatic nitrogens is 1. The van der Waals surface area contributed by atoms with E-state index in [1.54, 1.807) is 18.5 Å². The molecule has 2 aromatic rings. The number of rotatable bonds is 3. The first-order chi connectivity index (χ1) is 10.2. The lowest BCUT2D eigenvalue weighted by Gasteiger charge is -2.16. The summed E-state index contributed by atoms with van der Waals surface area (Å²) in [5.41, 5.74) is 2.94. The lowest BCUT2D eigenvalue weighted by Crippen LogP contribution is -2.32. The number of nitrogens with zero attached hydrogens (tertiary/aromatic N) is 1. The number of nitrogens with one attached hydrogen (secondary N) is 1. The highest BCUT2D eigenvalue weighted by Gasteiger charge is 2.31. The fourth-order valence-corrected chi connectivity index (χ4v) is 2.60. The van der Waals surface area contributed by atoms with Crippen molar-refractivity contribution in [3.05, 3.63) is 71.6 Å². The number of aliphatic hydroxyl groups excluding tert-OH is 1. The molecule has 1 heterocycles. The third-order valence-electron chi connectivity index (χ3n) is 3.61. The molecule has 4 nitrogen and oxygen atoms in total. The first-order valence-electron chi connectivity index (χ1n) is 6.88. The van der Waals surface area contributed by atoms with Crippen molar-refractivity contribution in [2.45, 2.75) is 18.6 Å². The summed E-state index contributed by atoms with van der Waals surface area (Å²) in [6.07, 6.45) is 6.54. The Morgan fingerprint density at radius 3 is 2.95 bits per heavy atom. The van der Waals surface area contributed by atoms with Crippen LogP contribution in [0.1, 0.15) is 22.7 Å². The molecule has 2 atom stereocenters. The minimum atomic E-state index is -0.571. The van der Waals surface area contributed by atoms with Crippen LogP contribution in [0.4, 0.5) is 0 Å². The zero-order valence-electron chi connectivity index (χ0n) is 11.4. The zero-order valence-corrected chi connectivity index (χ0v) is 11.4. The molecule has 0 saturated carbocycles. The molecule has 3 rings (SSSR count). The highest BCUT2D eigenvalue weighted by atomic mass is 16.3. The molecular formula is C17H16N2O2. The maximum absolute atomic E-state index is 12.0. The zero-order chi connectivity index (χ0) is 14.7. The summed E-state index contributed by atoms with van der Waals surface area (Å²) < 4.78 is 0. The summed E-state index contributed by atoms with van der Waals surface area (Å²) >= 11 is 0. The molecule has 1 aliphatic rings. The largest absolute Gasteiger partial charge is 0.390 e. The Morgan fingerprint density at radius 2 is 2.14 bits per heavy atom. The van der Waals surface area contributed by atoms with E-state index in [0.717, 1.165) is 16.7 Å². The fraction of sp³-hybridized carbons (Fsp3) is 0.176. The molecule has 1 aromatic heterocycles. The van der Waals surface area contributed by atoms with Gasteiger partial charge in [-0.3, -0.25) is 9.78 Å². The van der Waals surface area contributed by atoms with Crippen molar-refractivity contribution in [2.24, 2.45) is 0 Å². The van der Waals surface area contributed by atoms with E-state index >= 15 is 0 Å². The van der Waals surface area contributed by atoms with Gasteiger partial charge in [-0.25, -0.2) is 0 Å². The van der Waals surface area contributed by atoms with Crippen LogP contribution in [0, 0.1) is 0 Å². The van der Waals surface area contributed by atoms with Gasteiger partial charge in [-0.05, 0) is 28.8 Å². The summed E-state index contributed by atoms with van der Waals surface area (Å²) in [6, 6.07) is 11.1. The van der Waals surface area contributed by atoms with Crippen LogP contribution in [0.5, 0.6) is 0 Å². The number of carbonyl (C=O) groups is 1. The van der Waals surface area contributed by atoms with E-state index in [1.807, 2.05) is 36.4 Å². The first-order valence-corrected chi connectivity index (χ1v) is 6.88. The lowest BCUT2D eigenvalue weighted by atomic mass is 10.1. The second-order valence-electron chi connectivity index (χ2n) is 5.08. The number of hydrogen-bond donors (Lipinski definition) is 2. The van der Waals surface area contributed by atoms with Crippen LogP contribution in [-0.2, 0) is 11.2 Å². The topological polar surface area (TPSA) is 62.2 Å². The van der Waals surface area contributed by atoms with Crippen molar-refractivity contribution in [1.82, 2.24) is 10.3 Å². The molecule has 0 fully saturated rings. The van der Waals surface area contributed by atoms with Crippen molar-refractivity contribution < 1.29 is 9.90 Å². The quantitative estimate of drug-likeness (QED) is 0.844. The molecule has 0 saturated heterocycles. The van der Waals surface area contributed by atoms with Crippen LogP contribution in [0.2, 0.25) is 0 Å². The number of fused-ring (bicyclic) bond motifs is 1. The van der Waals surface area contributed by atoms with E-state index < -0.39 is 6.10 Å². The predicted octanol–water partition coefficient (Wildman–Crippen LogP) is 1.87. The normalized spacial score (nSPS) is 20.4. The summed E-state index contributed by atoms with van der Waals surface area (Å²) in [5.74, 6) is -0.223. The number of amides is 1. The number of hydrogen-bond acceptors (Lipinski definition) is 3. The maximum Gasteiger partial charge on any atom is 0.244 e. The van der Waals surface area contributed by atoms with Gasteiger partial charge in [0.1, 0.15) is 0 Å². The van der Waals surface area contributed by atoms with Crippen molar-refractivity contribution in [3.8, 4) is 0 Å². The van der Waals surface area contributed by atoms with E-state index in [-0.39, 0.29) is 11.9 Å². The van der Waals surface area contributed by atoms with Gasteiger partial charge in [-0.1, -0.05) is 30.3 Å². The van der Waals surface area contributed by atoms with Gasteiger partial charge in [0.15, 0.2) is 0 Å². The standard InChI is InChI=1S/C17H16N2O2/c20-15-10-13-5-1-2-6-14(13)17(15)19-16(21)8-7-12-4-3-9-18-11-12/h1-9,11,15,17,20H,10H2,(H,19,21)/t15-,17+/m1/s1. The molecular weight excluding hydrogens is 264 g/mol. The van der Waals surface area contributed by atoms with Gasteiger partial charge in [0, 0.05) is 24.9 Å². The molecule has 1 aliphatic carbocycles. The Balaban J connectivity index is 1.69. The average Bonchev–Trinajstić information content (AvgIpc) is 2.82. The highest BCUT2D eigenvalue weighted by molar-refractivity contribution is 5.92. The Labute approximate surface area is 123 Å². The Hall–Kier alpha value is -2.46. The van der Waals surface area contributed by atoms with Crippen molar-refractivity contribution >= 4 is 12.0 Å². The summed E-state index contributed by atoms with van der Waals surface area (Å²) in [7, 11) is 0. The lowest BCUT2D eigenvalue weighted by molar-refractivity contribution is -0.117. The van der Waals surface area contributed by atoms with Gasteiger partial charge in [0.25, 0.3) is 0 Å². The second-order valence-corrected chi connectivity index (χ2v) is 5.08. The molecule has 0 radical (unpaired) electrons. The van der Waals surface area contributed by atoms with Gasteiger partial charge in [0.05, 0.1) is 12.1 Å². The summed E-state index contributed by atoms with van der Waals surface area (Å²) in [5, 5.41) is 13.0. The Bertz CT molecular complexity index is 668. The summed E-state index contributed by atoms with van der Waals surface area (Å²) in [6.45, 7) is 0. The minimum Gasteiger partial charge on any atom is -0.390 e. The highest BCUT2D eigenvalue weighted by Crippen LogP contribution is 2.31. The molecule has 2 N–H and O–H groups in total. The average molecular weight is 280 g/mol. The van der Waals surface area contributed by atoms with Crippen LogP contribution in [0.25, 0.3) is 6.08 Å². The van der Waals surface area contributed by atoms with Gasteiger partial charge in [-0.15, -0.1) is 0 Å². The third-order valence-corrected chi connectivity index (χ3v) is 3.61. The SMILES string of the molecule is O=C(C=Cc1cccnc1)N[C@H]1c2ccccc2C[C@H]1O. The van der Waals surface area contributed by atoms with E-state index in [2.05, 4.69) is 10.3 Å². The van der Waals surface area contributed by atoms with E-state index in [1.165, 1.54) is 6.08 Å². The van der Waals surface area contributed by atoms with Crippen LogP contribution in [0.15, 0.2) is 54.9 Å². The minimum absolute atomic E-state index is 0.223. The van der Waals surface area contributed by atoms with Gasteiger partial charge in [-0.2, -0.15) is 0 Å². The van der Waals surface area contributed by atoms with Crippen LogP contribution >= 0.6 is 0 Å². The Morgan fingerprint density at radius 1 is 1.29 bits per heavy atom. The number of aliphatic hydroxyl groups is 1. The van der Waals surface area contributed by atoms with Crippen molar-refractivity contribution in [2.75, 3.05) is 0 Å². The molecule has 1 aromatic carbocycles. The van der Waals surface area contributed by atoms with Gasteiger partial charge < -0.3 is 10.4 Å². The molecule has 4 heteroatoms. The number of benzene rings is 1. The van der Waals surface area contributed by atoms with Gasteiger partial charge in [0.2, 0.25) is 5.91 Å². The molecule has 0 bridgehead atoms. The smallest absolute Gasteiger partial charge is 0.244 e. The molecule has 106 valence electrons. The second kappa shape index (κ2) is 5.89. The molecule has 0 spiro atoms. The van der Waals surface area contributed by atoms with Gasteiger partial charge >= 0.3 is 0 Å². The molecule has 21 heavy (non-hydrogen) atoms. The van der Waals surface area contributed by atoms with Crippen LogP contribution in [0.3, 0.4) is 0 Å². The Kier molecular flexibility index (Phi) is 3.79. The number of pyridine rings is 1. The van der Waals surface area contributed by atoms with Crippen molar-refractivity contribution in [3.63, 3.8) is 0 Å². The van der Waals surface area contributed by atoms with Crippen LogP contribution in [-0.4, -0.2) is 22.1 Å². The van der Waals surface area contributed by atoms with E-state index in [9.17, 15) is 9.90 Å². The molecule has 0 aliphatic heterocycles. The number of carbonyl (C=O) groups excluding carboxylic acids is 1. The third kappa shape index (κ3) is 3.01. The van der Waals surface area contributed by atoms with Crippen molar-refractivity contribution in [1.29, 1.82) is 0 Å². The monoisotopic (exact) mass is 280 g/mol. The fourth-order valence-electron chi connectivity index (χ4n) is 2.60. The molecule has 0 unspecified atom stereocenters. The molecule has 1 amide bonds. The van der Waals surface area contributed by atoms with E-state index in [4.69, 9.17) is 0 Å². The van der Waals surface area contributed by atoms with Crippen LogP contribution < -0.4 is 5.32 Å². The maximum atomic E-state index is 12.0. The summed E-state index contributed by atoms with van der Waals surface area (Å²) in [4.78, 5) is 16.0. The first kappa shape index (κ1) is 13.5. The van der Waals surface area contributed by atoms with E-state index in [0.29, 0.717) is 6.42 Å². The predicted molar refractivity (Wildman–Crippen MR) is 80.3 cm³/mol.